The highest BCUT2D eigenvalue weighted by Gasteiger charge is 2.18. The van der Waals surface area contributed by atoms with E-state index in [0.717, 1.165) is 11.3 Å². The van der Waals surface area contributed by atoms with E-state index in [2.05, 4.69) is 10.5 Å². The SMILES string of the molecule is CC(C)(C)c1ccc(Nc2ccc(/C=N\O)cc2)cc1F. The third-order valence-electron chi connectivity index (χ3n) is 3.18. The molecule has 0 saturated carbocycles. The zero-order valence-electron chi connectivity index (χ0n) is 12.4. The number of anilines is 2. The fourth-order valence-corrected chi connectivity index (χ4v) is 2.09. The summed E-state index contributed by atoms with van der Waals surface area (Å²) in [6, 6.07) is 12.5. The summed E-state index contributed by atoms with van der Waals surface area (Å²) >= 11 is 0. The summed E-state index contributed by atoms with van der Waals surface area (Å²) in [5, 5.41) is 14.6. The molecule has 3 nitrogen and oxygen atoms in total. The predicted octanol–water partition coefficient (Wildman–Crippen LogP) is 4.67. The second kappa shape index (κ2) is 5.95. The standard InChI is InChI=1S/C17H19FN2O/c1-17(2,3)15-9-8-14(10-16(15)18)20-13-6-4-12(5-7-13)11-19-21/h4-11,20-21H,1-3H3/b19-11-. The molecule has 2 aromatic rings. The minimum Gasteiger partial charge on any atom is -0.411 e. The van der Waals surface area contributed by atoms with Crippen LogP contribution in [0.2, 0.25) is 0 Å². The van der Waals surface area contributed by atoms with Crippen LogP contribution in [0.1, 0.15) is 31.9 Å². The van der Waals surface area contributed by atoms with Gasteiger partial charge in [0, 0.05) is 11.4 Å². The Morgan fingerprint density at radius 1 is 1.05 bits per heavy atom. The molecule has 2 aromatic carbocycles. The van der Waals surface area contributed by atoms with E-state index in [1.54, 1.807) is 0 Å². The van der Waals surface area contributed by atoms with Crippen molar-refractivity contribution in [1.82, 2.24) is 0 Å². The van der Waals surface area contributed by atoms with Crippen molar-refractivity contribution in [2.45, 2.75) is 26.2 Å². The van der Waals surface area contributed by atoms with Gasteiger partial charge in [0.05, 0.1) is 6.21 Å². The molecule has 0 saturated heterocycles. The van der Waals surface area contributed by atoms with E-state index in [0.29, 0.717) is 11.3 Å². The highest BCUT2D eigenvalue weighted by molar-refractivity contribution is 5.80. The van der Waals surface area contributed by atoms with Crippen LogP contribution in [0.5, 0.6) is 0 Å². The second-order valence-corrected chi connectivity index (χ2v) is 5.94. The average molecular weight is 286 g/mol. The number of nitrogens with zero attached hydrogens (tertiary/aromatic N) is 1. The Labute approximate surface area is 124 Å². The van der Waals surface area contributed by atoms with Crippen LogP contribution in [0.25, 0.3) is 0 Å². The van der Waals surface area contributed by atoms with E-state index in [-0.39, 0.29) is 11.2 Å². The van der Waals surface area contributed by atoms with Crippen molar-refractivity contribution in [1.29, 1.82) is 0 Å². The van der Waals surface area contributed by atoms with Gasteiger partial charge in [0.1, 0.15) is 5.82 Å². The molecule has 0 bridgehead atoms. The second-order valence-electron chi connectivity index (χ2n) is 5.94. The van der Waals surface area contributed by atoms with E-state index < -0.39 is 0 Å². The summed E-state index contributed by atoms with van der Waals surface area (Å²) in [7, 11) is 0. The summed E-state index contributed by atoms with van der Waals surface area (Å²) in [4.78, 5) is 0. The maximum absolute atomic E-state index is 14.1. The van der Waals surface area contributed by atoms with Crippen molar-refractivity contribution < 1.29 is 9.60 Å². The lowest BCUT2D eigenvalue weighted by Crippen LogP contribution is -2.13. The largest absolute Gasteiger partial charge is 0.411 e. The smallest absolute Gasteiger partial charge is 0.128 e. The Morgan fingerprint density at radius 3 is 2.19 bits per heavy atom. The van der Waals surface area contributed by atoms with Gasteiger partial charge in [0.15, 0.2) is 0 Å². The molecule has 0 heterocycles. The molecule has 21 heavy (non-hydrogen) atoms. The summed E-state index contributed by atoms with van der Waals surface area (Å²) in [5.74, 6) is -0.212. The first-order valence-electron chi connectivity index (χ1n) is 6.75. The molecule has 0 aliphatic heterocycles. The highest BCUT2D eigenvalue weighted by Crippen LogP contribution is 2.28. The van der Waals surface area contributed by atoms with E-state index in [1.807, 2.05) is 57.2 Å². The summed E-state index contributed by atoms with van der Waals surface area (Å²) in [6.45, 7) is 5.96. The van der Waals surface area contributed by atoms with Crippen LogP contribution in [0.3, 0.4) is 0 Å². The monoisotopic (exact) mass is 286 g/mol. The number of nitrogens with one attached hydrogen (secondary N) is 1. The first-order chi connectivity index (χ1) is 9.90. The van der Waals surface area contributed by atoms with Crippen LogP contribution in [0.15, 0.2) is 47.6 Å². The zero-order valence-corrected chi connectivity index (χ0v) is 12.4. The number of rotatable bonds is 3. The molecule has 0 aromatic heterocycles. The van der Waals surface area contributed by atoms with Gasteiger partial charge < -0.3 is 10.5 Å². The number of halogens is 1. The molecule has 2 N–H and O–H groups in total. The van der Waals surface area contributed by atoms with Crippen molar-refractivity contribution >= 4 is 17.6 Å². The minimum absolute atomic E-state index is 0.212. The molecule has 0 fully saturated rings. The normalized spacial score (nSPS) is 11.8. The van der Waals surface area contributed by atoms with Gasteiger partial charge in [-0.05, 0) is 40.8 Å². The predicted molar refractivity (Wildman–Crippen MR) is 84.2 cm³/mol. The number of oxime groups is 1. The molecular formula is C17H19FN2O. The molecule has 0 aliphatic rings. The van der Waals surface area contributed by atoms with Gasteiger partial charge in [0.25, 0.3) is 0 Å². The van der Waals surface area contributed by atoms with E-state index >= 15 is 0 Å². The molecule has 110 valence electrons. The third kappa shape index (κ3) is 3.81. The molecule has 2 rings (SSSR count). The Balaban J connectivity index is 2.18. The fraction of sp³-hybridized carbons (Fsp3) is 0.235. The van der Waals surface area contributed by atoms with Gasteiger partial charge in [-0.1, -0.05) is 44.1 Å². The summed E-state index contributed by atoms with van der Waals surface area (Å²) in [6.07, 6.45) is 1.35. The van der Waals surface area contributed by atoms with Gasteiger partial charge in [-0.2, -0.15) is 0 Å². The molecule has 0 unspecified atom stereocenters. The van der Waals surface area contributed by atoms with E-state index in [1.165, 1.54) is 12.3 Å². The highest BCUT2D eigenvalue weighted by atomic mass is 19.1. The van der Waals surface area contributed by atoms with Crippen LogP contribution >= 0.6 is 0 Å². The van der Waals surface area contributed by atoms with Crippen molar-refractivity contribution in [3.8, 4) is 0 Å². The van der Waals surface area contributed by atoms with Crippen molar-refractivity contribution in [3.05, 3.63) is 59.4 Å². The van der Waals surface area contributed by atoms with Crippen LogP contribution in [-0.4, -0.2) is 11.4 Å². The van der Waals surface area contributed by atoms with Crippen LogP contribution in [0, 0.1) is 5.82 Å². The van der Waals surface area contributed by atoms with Crippen molar-refractivity contribution in [2.24, 2.45) is 5.16 Å². The molecular weight excluding hydrogens is 267 g/mol. The van der Waals surface area contributed by atoms with Crippen molar-refractivity contribution in [2.75, 3.05) is 5.32 Å². The van der Waals surface area contributed by atoms with Crippen LogP contribution in [0.4, 0.5) is 15.8 Å². The summed E-state index contributed by atoms with van der Waals surface area (Å²) in [5.41, 5.74) is 2.81. The lowest BCUT2D eigenvalue weighted by atomic mass is 9.86. The van der Waals surface area contributed by atoms with Gasteiger partial charge in [-0.3, -0.25) is 0 Å². The summed E-state index contributed by atoms with van der Waals surface area (Å²) < 4.78 is 14.1. The molecule has 0 amide bonds. The minimum atomic E-state index is -0.214. The Morgan fingerprint density at radius 2 is 1.67 bits per heavy atom. The van der Waals surface area contributed by atoms with Crippen LogP contribution < -0.4 is 5.32 Å². The molecule has 4 heteroatoms. The van der Waals surface area contributed by atoms with Gasteiger partial charge >= 0.3 is 0 Å². The van der Waals surface area contributed by atoms with E-state index in [9.17, 15) is 4.39 Å². The quantitative estimate of drug-likeness (QED) is 0.489. The Bertz CT molecular complexity index is 643. The Kier molecular flexibility index (Phi) is 4.26. The maximum atomic E-state index is 14.1. The molecule has 0 radical (unpaired) electrons. The van der Waals surface area contributed by atoms with Gasteiger partial charge in [0.2, 0.25) is 0 Å². The Hall–Kier alpha value is -2.36. The zero-order chi connectivity index (χ0) is 15.5. The molecule has 0 spiro atoms. The topological polar surface area (TPSA) is 44.6 Å². The number of benzene rings is 2. The van der Waals surface area contributed by atoms with E-state index in [4.69, 9.17) is 5.21 Å². The number of hydrogen-bond acceptors (Lipinski definition) is 3. The third-order valence-corrected chi connectivity index (χ3v) is 3.18. The molecule has 0 atom stereocenters. The first kappa shape index (κ1) is 15.0. The molecule has 0 aliphatic carbocycles. The first-order valence-corrected chi connectivity index (χ1v) is 6.75. The lowest BCUT2D eigenvalue weighted by Gasteiger charge is -2.20. The van der Waals surface area contributed by atoms with Crippen LogP contribution in [-0.2, 0) is 5.41 Å². The maximum Gasteiger partial charge on any atom is 0.128 e. The average Bonchev–Trinajstić information content (AvgIpc) is 2.40. The van der Waals surface area contributed by atoms with Gasteiger partial charge in [-0.15, -0.1) is 0 Å². The van der Waals surface area contributed by atoms with Gasteiger partial charge in [-0.25, -0.2) is 4.39 Å². The number of hydrogen-bond donors (Lipinski definition) is 2. The van der Waals surface area contributed by atoms with Crippen molar-refractivity contribution in [3.63, 3.8) is 0 Å². The lowest BCUT2D eigenvalue weighted by molar-refractivity contribution is 0.322. The fourth-order valence-electron chi connectivity index (χ4n) is 2.09.